The van der Waals surface area contributed by atoms with Gasteiger partial charge in [-0.25, -0.2) is 0 Å². The molecule has 1 N–H and O–H groups in total. The second-order valence-corrected chi connectivity index (χ2v) is 5.83. The number of nitrogens with one attached hydrogen (secondary N) is 1. The fourth-order valence-corrected chi connectivity index (χ4v) is 3.04. The van der Waals surface area contributed by atoms with Crippen molar-refractivity contribution in [3.63, 3.8) is 0 Å². The third kappa shape index (κ3) is 3.33. The fourth-order valence-electron chi connectivity index (χ4n) is 3.04. The first-order valence-corrected chi connectivity index (χ1v) is 7.67. The molecular formula is C19H21NO. The quantitative estimate of drug-likeness (QED) is 0.910. The lowest BCUT2D eigenvalue weighted by molar-refractivity contribution is -0.121. The summed E-state index contributed by atoms with van der Waals surface area (Å²) in [6.45, 7) is 2.02. The van der Waals surface area contributed by atoms with E-state index in [1.165, 1.54) is 24.0 Å². The van der Waals surface area contributed by atoms with Crippen molar-refractivity contribution in [2.24, 2.45) is 0 Å². The summed E-state index contributed by atoms with van der Waals surface area (Å²) in [7, 11) is 0. The van der Waals surface area contributed by atoms with E-state index < -0.39 is 0 Å². The van der Waals surface area contributed by atoms with Crippen LogP contribution in [0.15, 0.2) is 48.5 Å². The standard InChI is InChI=1S/C19H21NO/c1-14(16-6-3-2-4-7-16)20-19(21)13-15-10-11-17-8-5-9-18(17)12-15/h2-4,6-7,10-12,14H,5,8-9,13H2,1H3,(H,20,21)/t14-/m1/s1. The molecule has 0 heterocycles. The summed E-state index contributed by atoms with van der Waals surface area (Å²) >= 11 is 0. The van der Waals surface area contributed by atoms with Crippen LogP contribution in [0.5, 0.6) is 0 Å². The predicted octanol–water partition coefficient (Wildman–Crippen LogP) is 3.60. The second-order valence-electron chi connectivity index (χ2n) is 5.83. The van der Waals surface area contributed by atoms with Gasteiger partial charge in [-0.05, 0) is 48.4 Å². The van der Waals surface area contributed by atoms with Gasteiger partial charge in [0.2, 0.25) is 5.91 Å². The van der Waals surface area contributed by atoms with Gasteiger partial charge in [0.25, 0.3) is 0 Å². The fraction of sp³-hybridized carbons (Fsp3) is 0.316. The molecule has 0 spiro atoms. The third-order valence-electron chi connectivity index (χ3n) is 4.20. The maximum absolute atomic E-state index is 12.2. The summed E-state index contributed by atoms with van der Waals surface area (Å²) in [5, 5.41) is 3.07. The molecular weight excluding hydrogens is 258 g/mol. The molecule has 0 radical (unpaired) electrons. The highest BCUT2D eigenvalue weighted by Gasteiger charge is 2.13. The van der Waals surface area contributed by atoms with E-state index in [-0.39, 0.29) is 11.9 Å². The van der Waals surface area contributed by atoms with Crippen LogP contribution >= 0.6 is 0 Å². The maximum atomic E-state index is 12.2. The summed E-state index contributed by atoms with van der Waals surface area (Å²) < 4.78 is 0. The molecule has 0 aromatic heterocycles. The molecule has 0 aliphatic heterocycles. The van der Waals surface area contributed by atoms with Crippen molar-refractivity contribution >= 4 is 5.91 Å². The first-order chi connectivity index (χ1) is 10.2. The number of fused-ring (bicyclic) bond motifs is 1. The first-order valence-electron chi connectivity index (χ1n) is 7.67. The zero-order valence-electron chi connectivity index (χ0n) is 12.4. The number of carbonyl (C=O) groups excluding carboxylic acids is 1. The summed E-state index contributed by atoms with van der Waals surface area (Å²) in [5.41, 5.74) is 5.14. The van der Waals surface area contributed by atoms with Crippen LogP contribution in [0.3, 0.4) is 0 Å². The molecule has 0 unspecified atom stereocenters. The molecule has 2 aromatic rings. The van der Waals surface area contributed by atoms with Gasteiger partial charge in [0.15, 0.2) is 0 Å². The molecule has 3 rings (SSSR count). The van der Waals surface area contributed by atoms with Gasteiger partial charge >= 0.3 is 0 Å². The Labute approximate surface area is 126 Å². The van der Waals surface area contributed by atoms with Gasteiger partial charge in [0, 0.05) is 0 Å². The van der Waals surface area contributed by atoms with Gasteiger partial charge < -0.3 is 5.32 Å². The van der Waals surface area contributed by atoms with E-state index >= 15 is 0 Å². The van der Waals surface area contributed by atoms with E-state index in [2.05, 4.69) is 23.5 Å². The van der Waals surface area contributed by atoms with Crippen LogP contribution in [0, 0.1) is 0 Å². The van der Waals surface area contributed by atoms with Crippen LogP contribution in [0.25, 0.3) is 0 Å². The molecule has 2 nitrogen and oxygen atoms in total. The minimum absolute atomic E-state index is 0.0492. The maximum Gasteiger partial charge on any atom is 0.224 e. The van der Waals surface area contributed by atoms with Crippen LogP contribution in [0.2, 0.25) is 0 Å². The van der Waals surface area contributed by atoms with Crippen LogP contribution < -0.4 is 5.32 Å². The van der Waals surface area contributed by atoms with E-state index in [1.807, 2.05) is 37.3 Å². The lowest BCUT2D eigenvalue weighted by Gasteiger charge is -2.14. The summed E-state index contributed by atoms with van der Waals surface area (Å²) in [5.74, 6) is 0.0873. The number of hydrogen-bond donors (Lipinski definition) is 1. The number of rotatable bonds is 4. The van der Waals surface area contributed by atoms with Gasteiger partial charge in [-0.2, -0.15) is 0 Å². The SMILES string of the molecule is C[C@@H](NC(=O)Cc1ccc2c(c1)CCC2)c1ccccc1. The zero-order chi connectivity index (χ0) is 14.7. The number of carbonyl (C=O) groups is 1. The molecule has 108 valence electrons. The Balaban J connectivity index is 1.61. The van der Waals surface area contributed by atoms with Crippen LogP contribution in [0.4, 0.5) is 0 Å². The van der Waals surface area contributed by atoms with Crippen molar-refractivity contribution in [2.75, 3.05) is 0 Å². The van der Waals surface area contributed by atoms with Crippen LogP contribution in [0.1, 0.15) is 41.6 Å². The first kappa shape index (κ1) is 13.9. The summed E-state index contributed by atoms with van der Waals surface area (Å²) in [6.07, 6.45) is 4.05. The molecule has 0 saturated carbocycles. The second kappa shape index (κ2) is 6.13. The summed E-state index contributed by atoms with van der Waals surface area (Å²) in [4.78, 5) is 12.2. The Kier molecular flexibility index (Phi) is 4.05. The van der Waals surface area contributed by atoms with E-state index in [0.29, 0.717) is 6.42 Å². The predicted molar refractivity (Wildman–Crippen MR) is 85.2 cm³/mol. The number of benzene rings is 2. The van der Waals surface area contributed by atoms with Crippen molar-refractivity contribution in [3.05, 3.63) is 70.8 Å². The average molecular weight is 279 g/mol. The minimum atomic E-state index is 0.0492. The van der Waals surface area contributed by atoms with Gasteiger partial charge in [-0.15, -0.1) is 0 Å². The Bertz CT molecular complexity index is 633. The van der Waals surface area contributed by atoms with Gasteiger partial charge in [-0.3, -0.25) is 4.79 Å². The number of hydrogen-bond acceptors (Lipinski definition) is 1. The zero-order valence-corrected chi connectivity index (χ0v) is 12.4. The van der Waals surface area contributed by atoms with Crippen molar-refractivity contribution in [1.82, 2.24) is 5.32 Å². The van der Waals surface area contributed by atoms with Crippen LogP contribution in [-0.4, -0.2) is 5.91 Å². The van der Waals surface area contributed by atoms with E-state index in [1.54, 1.807) is 0 Å². The Hall–Kier alpha value is -2.09. The normalized spacial score (nSPS) is 14.5. The molecule has 1 atom stereocenters. The van der Waals surface area contributed by atoms with Crippen molar-refractivity contribution in [1.29, 1.82) is 0 Å². The molecule has 2 aromatic carbocycles. The monoisotopic (exact) mass is 279 g/mol. The highest BCUT2D eigenvalue weighted by molar-refractivity contribution is 5.79. The largest absolute Gasteiger partial charge is 0.349 e. The molecule has 1 aliphatic rings. The van der Waals surface area contributed by atoms with Crippen molar-refractivity contribution in [2.45, 2.75) is 38.6 Å². The Morgan fingerprint density at radius 2 is 1.86 bits per heavy atom. The molecule has 1 amide bonds. The lowest BCUT2D eigenvalue weighted by Crippen LogP contribution is -2.28. The summed E-state index contributed by atoms with van der Waals surface area (Å²) in [6, 6.07) is 16.6. The topological polar surface area (TPSA) is 29.1 Å². The minimum Gasteiger partial charge on any atom is -0.349 e. The van der Waals surface area contributed by atoms with Crippen molar-refractivity contribution < 1.29 is 4.79 Å². The molecule has 0 fully saturated rings. The Morgan fingerprint density at radius 1 is 1.10 bits per heavy atom. The number of amides is 1. The van der Waals surface area contributed by atoms with E-state index in [4.69, 9.17) is 0 Å². The van der Waals surface area contributed by atoms with Crippen LogP contribution in [-0.2, 0) is 24.1 Å². The molecule has 21 heavy (non-hydrogen) atoms. The third-order valence-corrected chi connectivity index (χ3v) is 4.20. The van der Waals surface area contributed by atoms with Gasteiger partial charge in [0.05, 0.1) is 12.5 Å². The molecule has 1 aliphatic carbocycles. The van der Waals surface area contributed by atoms with Crippen molar-refractivity contribution in [3.8, 4) is 0 Å². The van der Waals surface area contributed by atoms with E-state index in [9.17, 15) is 4.79 Å². The Morgan fingerprint density at radius 3 is 2.67 bits per heavy atom. The average Bonchev–Trinajstić information content (AvgIpc) is 2.95. The molecule has 0 bridgehead atoms. The highest BCUT2D eigenvalue weighted by atomic mass is 16.1. The van der Waals surface area contributed by atoms with E-state index in [0.717, 1.165) is 17.5 Å². The molecule has 2 heteroatoms. The number of aryl methyl sites for hydroxylation is 2. The van der Waals surface area contributed by atoms with Gasteiger partial charge in [-0.1, -0.05) is 48.5 Å². The molecule has 0 saturated heterocycles. The highest BCUT2D eigenvalue weighted by Crippen LogP contribution is 2.23. The van der Waals surface area contributed by atoms with Gasteiger partial charge in [0.1, 0.15) is 0 Å². The lowest BCUT2D eigenvalue weighted by atomic mass is 10.0. The smallest absolute Gasteiger partial charge is 0.224 e.